The molecule has 0 spiro atoms. The first-order valence-electron chi connectivity index (χ1n) is 6.99. The van der Waals surface area contributed by atoms with E-state index in [0.717, 1.165) is 16.5 Å². The largest absolute Gasteiger partial charge is 0.481 e. The Hall–Kier alpha value is -2.54. The van der Waals surface area contributed by atoms with Crippen LogP contribution in [-0.4, -0.2) is 17.6 Å². The van der Waals surface area contributed by atoms with Gasteiger partial charge in [0.15, 0.2) is 0 Å². The molecular formula is C17H18N2O2. The normalized spacial score (nSPS) is 11.8. The first-order chi connectivity index (χ1) is 10.1. The Bertz CT molecular complexity index is 689. The Morgan fingerprint density at radius 1 is 1.29 bits per heavy atom. The van der Waals surface area contributed by atoms with E-state index in [9.17, 15) is 4.79 Å². The summed E-state index contributed by atoms with van der Waals surface area (Å²) in [5.74, 6) is -0.485. The highest BCUT2D eigenvalue weighted by Crippen LogP contribution is 2.26. The maximum Gasteiger partial charge on any atom is 0.303 e. The second-order valence-electron chi connectivity index (χ2n) is 5.24. The van der Waals surface area contributed by atoms with Crippen LogP contribution in [0.15, 0.2) is 36.4 Å². The molecule has 0 aliphatic heterocycles. The molecule has 1 unspecified atom stereocenters. The first-order valence-corrected chi connectivity index (χ1v) is 6.99. The Balaban J connectivity index is 2.13. The summed E-state index contributed by atoms with van der Waals surface area (Å²) in [6.07, 6.45) is 0.841. The molecule has 21 heavy (non-hydrogen) atoms. The van der Waals surface area contributed by atoms with Gasteiger partial charge in [-0.2, -0.15) is 5.26 Å². The Kier molecular flexibility index (Phi) is 4.78. The minimum absolute atomic E-state index is 0.191. The molecule has 0 aromatic heterocycles. The number of anilines is 1. The van der Waals surface area contributed by atoms with Crippen LogP contribution in [0, 0.1) is 17.2 Å². The van der Waals surface area contributed by atoms with Gasteiger partial charge in [0.1, 0.15) is 0 Å². The van der Waals surface area contributed by atoms with E-state index in [0.29, 0.717) is 18.5 Å². The van der Waals surface area contributed by atoms with Crippen molar-refractivity contribution in [3.8, 4) is 6.07 Å². The molecule has 0 amide bonds. The van der Waals surface area contributed by atoms with Crippen molar-refractivity contribution >= 4 is 22.4 Å². The average molecular weight is 282 g/mol. The minimum atomic E-state index is -0.759. The molecule has 2 rings (SSSR count). The summed E-state index contributed by atoms with van der Waals surface area (Å²) in [5.41, 5.74) is 1.64. The monoisotopic (exact) mass is 282 g/mol. The van der Waals surface area contributed by atoms with Crippen LogP contribution in [0.1, 0.15) is 25.3 Å². The topological polar surface area (TPSA) is 73.1 Å². The summed E-state index contributed by atoms with van der Waals surface area (Å²) in [7, 11) is 0. The maximum absolute atomic E-state index is 10.6. The van der Waals surface area contributed by atoms with Crippen molar-refractivity contribution in [2.24, 2.45) is 5.92 Å². The van der Waals surface area contributed by atoms with Gasteiger partial charge < -0.3 is 10.4 Å². The molecule has 0 aliphatic rings. The molecule has 0 bridgehead atoms. The van der Waals surface area contributed by atoms with E-state index in [2.05, 4.69) is 11.4 Å². The number of carboxylic acids is 1. The van der Waals surface area contributed by atoms with Crippen molar-refractivity contribution in [3.05, 3.63) is 42.0 Å². The molecule has 4 heteroatoms. The van der Waals surface area contributed by atoms with Crippen molar-refractivity contribution in [2.75, 3.05) is 11.9 Å². The van der Waals surface area contributed by atoms with Crippen LogP contribution >= 0.6 is 0 Å². The molecule has 0 radical (unpaired) electrons. The summed E-state index contributed by atoms with van der Waals surface area (Å²) in [6, 6.07) is 13.7. The third kappa shape index (κ3) is 3.73. The van der Waals surface area contributed by atoms with Crippen molar-refractivity contribution < 1.29 is 9.90 Å². The zero-order valence-electron chi connectivity index (χ0n) is 12.0. The summed E-state index contributed by atoms with van der Waals surface area (Å²) < 4.78 is 0. The van der Waals surface area contributed by atoms with Crippen molar-refractivity contribution in [2.45, 2.75) is 19.8 Å². The third-order valence-electron chi connectivity index (χ3n) is 3.54. The molecule has 2 N–H and O–H groups in total. The fourth-order valence-corrected chi connectivity index (χ4v) is 2.31. The van der Waals surface area contributed by atoms with E-state index in [-0.39, 0.29) is 12.3 Å². The van der Waals surface area contributed by atoms with Gasteiger partial charge in [-0.15, -0.1) is 0 Å². The van der Waals surface area contributed by atoms with E-state index >= 15 is 0 Å². The number of nitrogens with one attached hydrogen (secondary N) is 1. The predicted molar refractivity (Wildman–Crippen MR) is 83.2 cm³/mol. The van der Waals surface area contributed by atoms with Crippen molar-refractivity contribution in [3.63, 3.8) is 0 Å². The highest BCUT2D eigenvalue weighted by molar-refractivity contribution is 5.97. The fourth-order valence-electron chi connectivity index (χ4n) is 2.31. The highest BCUT2D eigenvalue weighted by Gasteiger charge is 2.08. The van der Waals surface area contributed by atoms with Gasteiger partial charge >= 0.3 is 5.97 Å². The van der Waals surface area contributed by atoms with E-state index in [1.54, 1.807) is 0 Å². The first kappa shape index (κ1) is 14.9. The van der Waals surface area contributed by atoms with Crippen molar-refractivity contribution in [1.82, 2.24) is 0 Å². The number of nitrogens with zero attached hydrogens (tertiary/aromatic N) is 1. The van der Waals surface area contributed by atoms with Crippen molar-refractivity contribution in [1.29, 1.82) is 5.26 Å². The number of fused-ring (bicyclic) bond motifs is 1. The number of carboxylic acid groups (broad SMARTS) is 1. The molecule has 108 valence electrons. The molecule has 0 fully saturated rings. The summed E-state index contributed by atoms with van der Waals surface area (Å²) >= 11 is 0. The van der Waals surface area contributed by atoms with E-state index in [4.69, 9.17) is 10.4 Å². The van der Waals surface area contributed by atoms with Gasteiger partial charge in [-0.1, -0.05) is 31.2 Å². The van der Waals surface area contributed by atoms with Crippen LogP contribution in [0.3, 0.4) is 0 Å². The third-order valence-corrected chi connectivity index (χ3v) is 3.54. The molecule has 2 aromatic carbocycles. The standard InChI is InChI=1S/C17H18N2O2/c1-12(6-9-17(20)21)11-19-16-8-7-13(10-18)14-4-2-3-5-15(14)16/h2-5,7-8,12,19H,6,9,11H2,1H3,(H,20,21). The Morgan fingerprint density at radius 3 is 2.67 bits per heavy atom. The summed E-state index contributed by atoms with van der Waals surface area (Å²) in [5, 5.41) is 23.1. The smallest absolute Gasteiger partial charge is 0.303 e. The van der Waals surface area contributed by atoms with Crippen LogP contribution in [0.4, 0.5) is 5.69 Å². The minimum Gasteiger partial charge on any atom is -0.481 e. The fraction of sp³-hybridized carbons (Fsp3) is 0.294. The lowest BCUT2D eigenvalue weighted by Crippen LogP contribution is -2.13. The summed E-state index contributed by atoms with van der Waals surface area (Å²) in [6.45, 7) is 2.74. The number of hydrogen-bond acceptors (Lipinski definition) is 3. The SMILES string of the molecule is CC(CCC(=O)O)CNc1ccc(C#N)c2ccccc12. The second kappa shape index (κ2) is 6.76. The number of hydrogen-bond donors (Lipinski definition) is 2. The van der Waals surface area contributed by atoms with Crippen LogP contribution in [0.5, 0.6) is 0 Å². The molecular weight excluding hydrogens is 264 g/mol. The van der Waals surface area contributed by atoms with Gasteiger partial charge in [0, 0.05) is 29.4 Å². The Morgan fingerprint density at radius 2 is 2.00 bits per heavy atom. The number of nitriles is 1. The quantitative estimate of drug-likeness (QED) is 0.848. The van der Waals surface area contributed by atoms with E-state index in [1.807, 2.05) is 43.3 Å². The summed E-state index contributed by atoms with van der Waals surface area (Å²) in [4.78, 5) is 10.6. The van der Waals surface area contributed by atoms with Crippen LogP contribution < -0.4 is 5.32 Å². The zero-order chi connectivity index (χ0) is 15.2. The lowest BCUT2D eigenvalue weighted by Gasteiger charge is -2.14. The van der Waals surface area contributed by atoms with Gasteiger partial charge in [-0.25, -0.2) is 0 Å². The molecule has 0 heterocycles. The van der Waals surface area contributed by atoms with Crippen LogP contribution in [0.2, 0.25) is 0 Å². The second-order valence-corrected chi connectivity index (χ2v) is 5.24. The van der Waals surface area contributed by atoms with E-state index in [1.165, 1.54) is 0 Å². The number of carbonyl (C=O) groups is 1. The van der Waals surface area contributed by atoms with Crippen LogP contribution in [0.25, 0.3) is 10.8 Å². The number of benzene rings is 2. The van der Waals surface area contributed by atoms with Gasteiger partial charge in [-0.3, -0.25) is 4.79 Å². The predicted octanol–water partition coefficient (Wildman–Crippen LogP) is 3.62. The average Bonchev–Trinajstić information content (AvgIpc) is 2.50. The maximum atomic E-state index is 10.6. The highest BCUT2D eigenvalue weighted by atomic mass is 16.4. The van der Waals surface area contributed by atoms with Gasteiger partial charge in [-0.05, 0) is 24.5 Å². The lowest BCUT2D eigenvalue weighted by atomic mass is 10.0. The Labute approximate surface area is 124 Å². The van der Waals surface area contributed by atoms with E-state index < -0.39 is 5.97 Å². The van der Waals surface area contributed by atoms with Gasteiger partial charge in [0.05, 0.1) is 11.6 Å². The number of aliphatic carboxylic acids is 1. The molecule has 0 saturated heterocycles. The molecule has 0 saturated carbocycles. The zero-order valence-corrected chi connectivity index (χ0v) is 12.0. The molecule has 1 atom stereocenters. The van der Waals surface area contributed by atoms with Gasteiger partial charge in [0.25, 0.3) is 0 Å². The van der Waals surface area contributed by atoms with Gasteiger partial charge in [0.2, 0.25) is 0 Å². The molecule has 2 aromatic rings. The lowest BCUT2D eigenvalue weighted by molar-refractivity contribution is -0.137. The number of rotatable bonds is 6. The van der Waals surface area contributed by atoms with Crippen LogP contribution in [-0.2, 0) is 4.79 Å². The molecule has 0 aliphatic carbocycles. The molecule has 4 nitrogen and oxygen atoms in total.